The topological polar surface area (TPSA) is 71.6 Å². The molecule has 1 atom stereocenters. The lowest BCUT2D eigenvalue weighted by molar-refractivity contribution is -0.136. The summed E-state index contributed by atoms with van der Waals surface area (Å²) in [7, 11) is 4.76. The van der Waals surface area contributed by atoms with Gasteiger partial charge in [-0.3, -0.25) is 14.5 Å². The molecule has 160 valence electrons. The Bertz CT molecular complexity index is 724. The number of ether oxygens (including phenoxy) is 3. The molecule has 9 heteroatoms. The highest BCUT2D eigenvalue weighted by Crippen LogP contribution is 2.41. The molecule has 1 unspecified atom stereocenters. The van der Waals surface area contributed by atoms with Crippen LogP contribution in [0.25, 0.3) is 0 Å². The molecule has 2 heterocycles. The van der Waals surface area contributed by atoms with E-state index in [2.05, 4.69) is 4.90 Å². The molecule has 0 bridgehead atoms. The quantitative estimate of drug-likeness (QED) is 0.619. The molecule has 2 fully saturated rings. The van der Waals surface area contributed by atoms with Crippen molar-refractivity contribution in [1.82, 2.24) is 14.7 Å². The fourth-order valence-electron chi connectivity index (χ4n) is 3.66. The van der Waals surface area contributed by atoms with E-state index in [0.29, 0.717) is 36.9 Å². The Kier molecular flexibility index (Phi) is 7.63. The molecule has 0 N–H and O–H groups in total. The van der Waals surface area contributed by atoms with E-state index in [9.17, 15) is 9.59 Å². The summed E-state index contributed by atoms with van der Waals surface area (Å²) in [5, 5.41) is -0.0214. The molecule has 0 spiro atoms. The number of nitrogens with zero attached hydrogens (tertiary/aromatic N) is 3. The highest BCUT2D eigenvalue weighted by Gasteiger charge is 2.33. The summed E-state index contributed by atoms with van der Waals surface area (Å²) >= 11 is 1.64. The van der Waals surface area contributed by atoms with Crippen LogP contribution in [0.15, 0.2) is 18.2 Å². The molecule has 1 aromatic rings. The zero-order chi connectivity index (χ0) is 20.8. The van der Waals surface area contributed by atoms with E-state index >= 15 is 0 Å². The van der Waals surface area contributed by atoms with Crippen molar-refractivity contribution in [2.24, 2.45) is 0 Å². The molecule has 29 heavy (non-hydrogen) atoms. The number of rotatable bonds is 8. The predicted molar refractivity (Wildman–Crippen MR) is 111 cm³/mol. The zero-order valence-electron chi connectivity index (χ0n) is 17.3. The van der Waals surface area contributed by atoms with Gasteiger partial charge in [0.2, 0.25) is 11.8 Å². The van der Waals surface area contributed by atoms with Gasteiger partial charge in [0.25, 0.3) is 0 Å². The van der Waals surface area contributed by atoms with E-state index in [1.54, 1.807) is 26.0 Å². The second-order valence-electron chi connectivity index (χ2n) is 7.02. The summed E-state index contributed by atoms with van der Waals surface area (Å²) in [5.41, 5.74) is 1.04. The maximum Gasteiger partial charge on any atom is 0.248 e. The van der Waals surface area contributed by atoms with Crippen LogP contribution in [-0.4, -0.2) is 99.5 Å². The number of hydrogen-bond acceptors (Lipinski definition) is 7. The van der Waals surface area contributed by atoms with E-state index in [0.717, 1.165) is 25.2 Å². The third-order valence-corrected chi connectivity index (χ3v) is 6.57. The SMILES string of the molecule is COCC(=O)N1CCN(CCN2C(=O)CSC2c2ccc(OC)c(OC)c2)CC1. The Balaban J connectivity index is 1.57. The highest BCUT2D eigenvalue weighted by atomic mass is 32.2. The average molecular weight is 424 g/mol. The van der Waals surface area contributed by atoms with E-state index < -0.39 is 0 Å². The molecule has 2 aliphatic heterocycles. The van der Waals surface area contributed by atoms with Gasteiger partial charge in [-0.2, -0.15) is 0 Å². The summed E-state index contributed by atoms with van der Waals surface area (Å²) < 4.78 is 15.7. The minimum atomic E-state index is -0.0214. The van der Waals surface area contributed by atoms with E-state index in [1.165, 1.54) is 7.11 Å². The van der Waals surface area contributed by atoms with Crippen molar-refractivity contribution >= 4 is 23.6 Å². The standard InChI is InChI=1S/C20H29N3O5S/c1-26-13-18(24)22-9-6-21(7-10-22)8-11-23-19(25)14-29-20(23)15-4-5-16(27-2)17(12-15)28-3/h4-5,12,20H,6-11,13-14H2,1-3H3. The fraction of sp³-hybridized carbons (Fsp3) is 0.600. The van der Waals surface area contributed by atoms with Gasteiger partial charge in [-0.25, -0.2) is 0 Å². The summed E-state index contributed by atoms with van der Waals surface area (Å²) in [5.74, 6) is 2.02. The number of methoxy groups -OCH3 is 3. The van der Waals surface area contributed by atoms with Crippen molar-refractivity contribution in [1.29, 1.82) is 0 Å². The van der Waals surface area contributed by atoms with Crippen molar-refractivity contribution in [3.05, 3.63) is 23.8 Å². The lowest BCUT2D eigenvalue weighted by Crippen LogP contribution is -2.51. The van der Waals surface area contributed by atoms with Gasteiger partial charge in [0, 0.05) is 46.4 Å². The smallest absolute Gasteiger partial charge is 0.248 e. The first-order chi connectivity index (χ1) is 14.1. The largest absolute Gasteiger partial charge is 0.493 e. The number of benzene rings is 1. The second-order valence-corrected chi connectivity index (χ2v) is 8.09. The Morgan fingerprint density at radius 3 is 2.45 bits per heavy atom. The van der Waals surface area contributed by atoms with Crippen molar-refractivity contribution in [3.8, 4) is 11.5 Å². The molecule has 2 amide bonds. The number of piperazine rings is 1. The number of hydrogen-bond donors (Lipinski definition) is 0. The maximum absolute atomic E-state index is 12.5. The second kappa shape index (κ2) is 10.2. The molecule has 1 aromatic carbocycles. The summed E-state index contributed by atoms with van der Waals surface area (Å²) in [4.78, 5) is 30.5. The molecule has 8 nitrogen and oxygen atoms in total. The summed E-state index contributed by atoms with van der Waals surface area (Å²) in [6.07, 6.45) is 0. The van der Waals surface area contributed by atoms with Crippen molar-refractivity contribution in [2.45, 2.75) is 5.37 Å². The zero-order valence-corrected chi connectivity index (χ0v) is 18.1. The lowest BCUT2D eigenvalue weighted by atomic mass is 10.1. The van der Waals surface area contributed by atoms with Crippen LogP contribution in [0.2, 0.25) is 0 Å². The minimum Gasteiger partial charge on any atom is -0.493 e. The Labute approximate surface area is 176 Å². The first-order valence-electron chi connectivity index (χ1n) is 9.69. The van der Waals surface area contributed by atoms with Gasteiger partial charge in [0.1, 0.15) is 12.0 Å². The van der Waals surface area contributed by atoms with E-state index in [4.69, 9.17) is 14.2 Å². The minimum absolute atomic E-state index is 0.0214. The van der Waals surface area contributed by atoms with Crippen LogP contribution >= 0.6 is 11.8 Å². The third-order valence-electron chi connectivity index (χ3n) is 5.31. The molecule has 0 radical (unpaired) electrons. The molecular weight excluding hydrogens is 394 g/mol. The summed E-state index contributed by atoms with van der Waals surface area (Å²) in [6, 6.07) is 5.82. The van der Waals surface area contributed by atoms with Crippen molar-refractivity contribution < 1.29 is 23.8 Å². The van der Waals surface area contributed by atoms with Crippen LogP contribution in [0.4, 0.5) is 0 Å². The lowest BCUT2D eigenvalue weighted by Gasteiger charge is -2.36. The Hall–Kier alpha value is -1.97. The maximum atomic E-state index is 12.5. The van der Waals surface area contributed by atoms with Crippen LogP contribution in [0.3, 0.4) is 0 Å². The van der Waals surface area contributed by atoms with Gasteiger partial charge in [-0.1, -0.05) is 6.07 Å². The number of carbonyl (C=O) groups is 2. The van der Waals surface area contributed by atoms with Gasteiger partial charge in [0.05, 0.1) is 20.0 Å². The van der Waals surface area contributed by atoms with E-state index in [-0.39, 0.29) is 23.8 Å². The van der Waals surface area contributed by atoms with Gasteiger partial charge >= 0.3 is 0 Å². The Morgan fingerprint density at radius 1 is 1.07 bits per heavy atom. The van der Waals surface area contributed by atoms with Crippen LogP contribution < -0.4 is 9.47 Å². The first-order valence-corrected chi connectivity index (χ1v) is 10.7. The fourth-order valence-corrected chi connectivity index (χ4v) is 4.87. The normalized spacial score (nSPS) is 20.2. The molecule has 2 aliphatic rings. The van der Waals surface area contributed by atoms with Crippen LogP contribution in [0, 0.1) is 0 Å². The molecular formula is C20H29N3O5S. The molecule has 0 aromatic heterocycles. The van der Waals surface area contributed by atoms with Crippen LogP contribution in [0.5, 0.6) is 11.5 Å². The number of thioether (sulfide) groups is 1. The van der Waals surface area contributed by atoms with Gasteiger partial charge in [-0.05, 0) is 17.7 Å². The van der Waals surface area contributed by atoms with Crippen molar-refractivity contribution in [3.63, 3.8) is 0 Å². The van der Waals surface area contributed by atoms with Gasteiger partial charge in [0.15, 0.2) is 11.5 Å². The van der Waals surface area contributed by atoms with Crippen molar-refractivity contribution in [2.75, 3.05) is 73.0 Å². The molecule has 3 rings (SSSR count). The highest BCUT2D eigenvalue weighted by molar-refractivity contribution is 8.00. The van der Waals surface area contributed by atoms with Gasteiger partial charge < -0.3 is 24.0 Å². The number of amides is 2. The molecule has 0 saturated carbocycles. The molecule has 0 aliphatic carbocycles. The average Bonchev–Trinajstić information content (AvgIpc) is 3.12. The summed E-state index contributed by atoms with van der Waals surface area (Å²) in [6.45, 7) is 4.61. The Morgan fingerprint density at radius 2 is 1.79 bits per heavy atom. The van der Waals surface area contributed by atoms with E-state index in [1.807, 2.05) is 28.0 Å². The third kappa shape index (κ3) is 5.15. The van der Waals surface area contributed by atoms with Crippen LogP contribution in [-0.2, 0) is 14.3 Å². The number of carbonyl (C=O) groups excluding carboxylic acids is 2. The van der Waals surface area contributed by atoms with Gasteiger partial charge in [-0.15, -0.1) is 11.8 Å². The monoisotopic (exact) mass is 423 g/mol. The van der Waals surface area contributed by atoms with Crippen LogP contribution in [0.1, 0.15) is 10.9 Å². The predicted octanol–water partition coefficient (Wildman–Crippen LogP) is 1.07. The first kappa shape index (κ1) is 21.7. The molecule has 2 saturated heterocycles.